The first-order chi connectivity index (χ1) is 12.8. The lowest BCUT2D eigenvalue weighted by atomic mass is 10.1. The third-order valence-electron chi connectivity index (χ3n) is 3.90. The average Bonchev–Trinajstić information content (AvgIpc) is 2.64. The van der Waals surface area contributed by atoms with E-state index >= 15 is 0 Å². The zero-order valence-electron chi connectivity index (χ0n) is 14.2. The number of rotatable bonds is 6. The Morgan fingerprint density at radius 1 is 1.07 bits per heavy atom. The minimum Gasteiger partial charge on any atom is -0.365 e. The molecule has 0 aliphatic carbocycles. The first-order valence-corrected chi connectivity index (χ1v) is 10.4. The van der Waals surface area contributed by atoms with Crippen molar-refractivity contribution in [3.05, 3.63) is 81.3 Å². The molecule has 1 heterocycles. The molecule has 0 fully saturated rings. The van der Waals surface area contributed by atoms with Gasteiger partial charge in [-0.25, -0.2) is 18.5 Å². The van der Waals surface area contributed by atoms with Crippen molar-refractivity contribution in [2.75, 3.05) is 11.9 Å². The highest BCUT2D eigenvalue weighted by molar-refractivity contribution is 9.10. The van der Waals surface area contributed by atoms with E-state index in [0.29, 0.717) is 13.0 Å². The van der Waals surface area contributed by atoms with Gasteiger partial charge in [0, 0.05) is 29.1 Å². The molecule has 0 saturated carbocycles. The van der Waals surface area contributed by atoms with Crippen LogP contribution in [-0.4, -0.2) is 24.5 Å². The number of benzene rings is 2. The molecule has 27 heavy (non-hydrogen) atoms. The largest absolute Gasteiger partial charge is 0.365 e. The average molecular weight is 449 g/mol. The summed E-state index contributed by atoms with van der Waals surface area (Å²) in [6.07, 6.45) is 3.77. The number of sulfonamides is 1. The van der Waals surface area contributed by atoms with Crippen molar-refractivity contribution in [2.45, 2.75) is 11.3 Å². The summed E-state index contributed by atoms with van der Waals surface area (Å²) in [7, 11) is -3.70. The summed E-state index contributed by atoms with van der Waals surface area (Å²) in [5.74, 6) is 0.251. The number of hydrogen-bond donors (Lipinski definition) is 2. The molecule has 3 N–H and O–H groups in total. The second kappa shape index (κ2) is 8.03. The Morgan fingerprint density at radius 2 is 1.74 bits per heavy atom. The molecular weight excluding hydrogens is 432 g/mol. The number of nitrogens with zero attached hydrogens (tertiary/aromatic N) is 2. The Balaban J connectivity index is 1.69. The van der Waals surface area contributed by atoms with Crippen LogP contribution >= 0.6 is 15.9 Å². The maximum absolute atomic E-state index is 12.6. The molecule has 9 heteroatoms. The fourth-order valence-electron chi connectivity index (χ4n) is 2.51. The number of aromatic nitrogens is 2. The van der Waals surface area contributed by atoms with Crippen molar-refractivity contribution in [1.82, 2.24) is 9.55 Å². The van der Waals surface area contributed by atoms with E-state index < -0.39 is 10.0 Å². The number of anilines is 1. The summed E-state index contributed by atoms with van der Waals surface area (Å²) in [4.78, 5) is 16.8. The normalized spacial score (nSPS) is 11.3. The summed E-state index contributed by atoms with van der Waals surface area (Å²) in [5.41, 5.74) is 1.41. The zero-order valence-corrected chi connectivity index (χ0v) is 16.6. The van der Waals surface area contributed by atoms with E-state index in [1.54, 1.807) is 24.5 Å². The minimum atomic E-state index is -3.70. The lowest BCUT2D eigenvalue weighted by Gasteiger charge is -2.09. The summed E-state index contributed by atoms with van der Waals surface area (Å²) >= 11 is 3.37. The zero-order chi connectivity index (χ0) is 19.4. The van der Waals surface area contributed by atoms with Gasteiger partial charge in [0.15, 0.2) is 5.82 Å². The molecular formula is C18H17BrN4O3S. The first kappa shape index (κ1) is 19.3. The molecule has 1 aromatic heterocycles. The van der Waals surface area contributed by atoms with Gasteiger partial charge in [0.25, 0.3) is 5.56 Å². The van der Waals surface area contributed by atoms with Crippen LogP contribution in [0, 0.1) is 0 Å². The van der Waals surface area contributed by atoms with Crippen LogP contribution in [0.1, 0.15) is 5.56 Å². The minimum absolute atomic E-state index is 0.0707. The molecule has 7 nitrogen and oxygen atoms in total. The van der Waals surface area contributed by atoms with E-state index in [1.807, 2.05) is 24.3 Å². The van der Waals surface area contributed by atoms with Gasteiger partial charge in [0.05, 0.1) is 4.90 Å². The number of nitrogens with one attached hydrogen (secondary N) is 1. The van der Waals surface area contributed by atoms with Gasteiger partial charge in [0.2, 0.25) is 10.0 Å². The standard InChI is InChI=1S/C18H17BrN4O3S/c19-14-3-5-15(6-4-14)23-12-11-22-17(18(23)24)21-10-9-13-1-7-16(8-2-13)27(20,25)26/h1-8,11-12H,9-10H2,(H,21,22)(H2,20,25,26). The lowest BCUT2D eigenvalue weighted by Crippen LogP contribution is -2.24. The van der Waals surface area contributed by atoms with Gasteiger partial charge in [-0.2, -0.15) is 0 Å². The number of primary sulfonamides is 1. The molecule has 140 valence electrons. The fourth-order valence-corrected chi connectivity index (χ4v) is 3.29. The summed E-state index contributed by atoms with van der Waals surface area (Å²) in [6.45, 7) is 0.474. The highest BCUT2D eigenvalue weighted by Crippen LogP contribution is 2.13. The molecule has 0 aliphatic heterocycles. The van der Waals surface area contributed by atoms with Gasteiger partial charge >= 0.3 is 0 Å². The molecule has 0 unspecified atom stereocenters. The van der Waals surface area contributed by atoms with Crippen LogP contribution in [0.5, 0.6) is 0 Å². The van der Waals surface area contributed by atoms with Crippen molar-refractivity contribution < 1.29 is 8.42 Å². The van der Waals surface area contributed by atoms with Crippen molar-refractivity contribution in [3.63, 3.8) is 0 Å². The molecule has 0 radical (unpaired) electrons. The molecule has 0 aliphatic rings. The Kier molecular flexibility index (Phi) is 5.73. The van der Waals surface area contributed by atoms with Crippen molar-refractivity contribution in [3.8, 4) is 5.69 Å². The smallest absolute Gasteiger partial charge is 0.297 e. The maximum Gasteiger partial charge on any atom is 0.297 e. The predicted molar refractivity (Wildman–Crippen MR) is 108 cm³/mol. The Morgan fingerprint density at radius 3 is 2.37 bits per heavy atom. The van der Waals surface area contributed by atoms with E-state index in [4.69, 9.17) is 5.14 Å². The van der Waals surface area contributed by atoms with Crippen molar-refractivity contribution in [1.29, 1.82) is 0 Å². The second-order valence-electron chi connectivity index (χ2n) is 5.79. The summed E-state index contributed by atoms with van der Waals surface area (Å²) in [5, 5.41) is 8.11. The number of halogens is 1. The van der Waals surface area contributed by atoms with Gasteiger partial charge in [-0.3, -0.25) is 9.36 Å². The highest BCUT2D eigenvalue weighted by Gasteiger charge is 2.08. The van der Waals surface area contributed by atoms with E-state index in [1.165, 1.54) is 16.7 Å². The lowest BCUT2D eigenvalue weighted by molar-refractivity contribution is 0.598. The highest BCUT2D eigenvalue weighted by atomic mass is 79.9. The molecule has 0 amide bonds. The monoisotopic (exact) mass is 448 g/mol. The van der Waals surface area contributed by atoms with Crippen LogP contribution in [0.4, 0.5) is 5.82 Å². The topological polar surface area (TPSA) is 107 Å². The third kappa shape index (κ3) is 4.82. The summed E-state index contributed by atoms with van der Waals surface area (Å²) in [6, 6.07) is 13.7. The fraction of sp³-hybridized carbons (Fsp3) is 0.111. The molecule has 3 aromatic rings. The second-order valence-corrected chi connectivity index (χ2v) is 8.27. The Labute approximate surface area is 165 Å². The quantitative estimate of drug-likeness (QED) is 0.601. The van der Waals surface area contributed by atoms with Crippen LogP contribution in [0.2, 0.25) is 0 Å². The molecule has 3 rings (SSSR count). The first-order valence-electron chi connectivity index (χ1n) is 8.04. The van der Waals surface area contributed by atoms with Gasteiger partial charge in [-0.05, 0) is 48.4 Å². The predicted octanol–water partition coefficient (Wildman–Crippen LogP) is 2.30. The number of hydrogen-bond acceptors (Lipinski definition) is 5. The van der Waals surface area contributed by atoms with E-state index in [-0.39, 0.29) is 16.3 Å². The van der Waals surface area contributed by atoms with Crippen LogP contribution < -0.4 is 16.0 Å². The molecule has 0 bridgehead atoms. The van der Waals surface area contributed by atoms with Gasteiger partial charge in [0.1, 0.15) is 0 Å². The molecule has 0 spiro atoms. The van der Waals surface area contributed by atoms with E-state index in [2.05, 4.69) is 26.2 Å². The van der Waals surface area contributed by atoms with Gasteiger partial charge in [-0.1, -0.05) is 28.1 Å². The van der Waals surface area contributed by atoms with Crippen LogP contribution in [0.3, 0.4) is 0 Å². The molecule has 2 aromatic carbocycles. The van der Waals surface area contributed by atoms with E-state index in [0.717, 1.165) is 15.7 Å². The van der Waals surface area contributed by atoms with Crippen LogP contribution in [0.15, 0.2) is 75.1 Å². The van der Waals surface area contributed by atoms with Crippen LogP contribution in [-0.2, 0) is 16.4 Å². The Bertz CT molecular complexity index is 1090. The third-order valence-corrected chi connectivity index (χ3v) is 5.36. The SMILES string of the molecule is NS(=O)(=O)c1ccc(CCNc2nccn(-c3ccc(Br)cc3)c2=O)cc1. The van der Waals surface area contributed by atoms with E-state index in [9.17, 15) is 13.2 Å². The van der Waals surface area contributed by atoms with Gasteiger partial charge < -0.3 is 5.32 Å². The van der Waals surface area contributed by atoms with Crippen molar-refractivity contribution >= 4 is 31.8 Å². The van der Waals surface area contributed by atoms with Gasteiger partial charge in [-0.15, -0.1) is 0 Å². The number of nitrogens with two attached hydrogens (primary N) is 1. The summed E-state index contributed by atoms with van der Waals surface area (Å²) < 4.78 is 25.0. The van der Waals surface area contributed by atoms with Crippen molar-refractivity contribution in [2.24, 2.45) is 5.14 Å². The Hall–Kier alpha value is -2.49. The molecule has 0 saturated heterocycles. The van der Waals surface area contributed by atoms with Crippen LogP contribution in [0.25, 0.3) is 5.69 Å². The maximum atomic E-state index is 12.6. The molecule has 0 atom stereocenters.